The van der Waals surface area contributed by atoms with E-state index in [1.54, 1.807) is 33.4 Å². The number of aromatic nitrogens is 2. The number of β-amino-alcohol motifs (C(OH)–C–C–N with tert-alkyl or cyclic N) is 1. The smallest absolute Gasteiger partial charge is 0.246 e. The number of ether oxygens (including phenoxy) is 2. The topological polar surface area (TPSA) is 227 Å². The number of unbranched alkanes of at least 4 members (excludes halogenated alkanes) is 3. The molecule has 18 heteroatoms. The average molecular weight is 1050 g/mol. The number of amides is 5. The summed E-state index contributed by atoms with van der Waals surface area (Å²) in [6, 6.07) is 14.3. The van der Waals surface area contributed by atoms with Crippen molar-refractivity contribution >= 4 is 48.2 Å². The molecule has 0 bridgehead atoms. The molecule has 5 N–H and O–H groups in total. The number of likely N-dealkylation sites (tertiary alicyclic amines) is 2. The van der Waals surface area contributed by atoms with Gasteiger partial charge in [-0.25, -0.2) is 4.98 Å². The number of hydrogen-bond acceptors (Lipinski definition) is 13. The fourth-order valence-electron chi connectivity index (χ4n) is 8.56. The third kappa shape index (κ3) is 24.9. The van der Waals surface area contributed by atoms with E-state index in [0.29, 0.717) is 50.0 Å². The molecule has 3 unspecified atom stereocenters. The van der Waals surface area contributed by atoms with Crippen molar-refractivity contribution in [3.63, 3.8) is 0 Å². The standard InChI is InChI=1S/C15H19N3O5.C13H14N2OS.C10H19NO2.C10H17NO.C6H14.CH5N.CH4/c19-5-6-22-7-8-23-9-14(21)17-15(10-18(11-15)12-20)13-3-1-2-4-16-13;1-9(14-7-16)11-3-5-12(6-4-11)13-10(2)15-8-17-13;1-10(2,3)6-9(13)11-5-4-8(12)7-11;12-10-7-3-1-2-5-9-6-4-8-11(9)10;1-3-5-6-4-2;1-2;/h1-5,12H,6-11H2,(H,17,21);3-9H,1-2H3,(H,14,16);8,12H,4-7H2,1-3H3;9H,1-8H2;3-6H2,1-2H3;2H2,1H3;1H4. The van der Waals surface area contributed by atoms with Gasteiger partial charge in [-0.3, -0.25) is 29.0 Å². The summed E-state index contributed by atoms with van der Waals surface area (Å²) in [6.07, 6.45) is 18.6. The molecular formula is C56H92N8O9S. The first-order valence-corrected chi connectivity index (χ1v) is 27.0. The maximum atomic E-state index is 12.0. The minimum Gasteiger partial charge on any atom is -0.391 e. The number of nitrogens with two attached hydrogens (primary N) is 1. The van der Waals surface area contributed by atoms with Crippen LogP contribution < -0.4 is 16.4 Å². The molecule has 1 aromatic carbocycles. The molecular weight excluding hydrogens is 961 g/mol. The first kappa shape index (κ1) is 66.9. The van der Waals surface area contributed by atoms with Crippen molar-refractivity contribution in [1.82, 2.24) is 35.3 Å². The van der Waals surface area contributed by atoms with Gasteiger partial charge in [-0.05, 0) is 81.7 Å². The molecule has 3 atom stereocenters. The van der Waals surface area contributed by atoms with E-state index in [1.807, 2.05) is 43.6 Å². The quantitative estimate of drug-likeness (QED) is 0.0708. The third-order valence-electron chi connectivity index (χ3n) is 12.4. The zero-order valence-corrected chi connectivity index (χ0v) is 46.0. The third-order valence-corrected chi connectivity index (χ3v) is 13.4. The van der Waals surface area contributed by atoms with Gasteiger partial charge in [0.05, 0.1) is 60.2 Å². The Hall–Kier alpha value is -5.14. The highest BCUT2D eigenvalue weighted by Gasteiger charge is 2.46. The number of thiazole rings is 1. The number of aryl methyl sites for hydroxylation is 1. The van der Waals surface area contributed by atoms with Crippen LogP contribution in [0.5, 0.6) is 0 Å². The molecule has 4 aliphatic rings. The summed E-state index contributed by atoms with van der Waals surface area (Å²) in [6.45, 7) is 18.0. The Morgan fingerprint density at radius 3 is 2.16 bits per heavy atom. The lowest BCUT2D eigenvalue weighted by Crippen LogP contribution is -2.68. The molecule has 17 nitrogen and oxygen atoms in total. The maximum absolute atomic E-state index is 12.0. The molecule has 7 rings (SSSR count). The van der Waals surface area contributed by atoms with Gasteiger partial charge in [0.2, 0.25) is 30.5 Å². The van der Waals surface area contributed by atoms with Gasteiger partial charge in [0.15, 0.2) is 0 Å². The highest BCUT2D eigenvalue weighted by molar-refractivity contribution is 7.13. The van der Waals surface area contributed by atoms with E-state index in [4.69, 9.17) is 9.47 Å². The van der Waals surface area contributed by atoms with Crippen LogP contribution in [0.25, 0.3) is 10.4 Å². The van der Waals surface area contributed by atoms with Crippen LogP contribution >= 0.6 is 11.3 Å². The zero-order chi connectivity index (χ0) is 54.1. The van der Waals surface area contributed by atoms with Crippen molar-refractivity contribution in [2.45, 2.75) is 163 Å². The Balaban J connectivity index is 0.000000480. The van der Waals surface area contributed by atoms with Gasteiger partial charge < -0.3 is 50.4 Å². The number of nitrogens with zero attached hydrogens (tertiary/aromatic N) is 5. The second-order valence-electron chi connectivity index (χ2n) is 19.8. The van der Waals surface area contributed by atoms with Crippen molar-refractivity contribution in [3.8, 4) is 10.4 Å². The highest BCUT2D eigenvalue weighted by Crippen LogP contribution is 2.31. The van der Waals surface area contributed by atoms with Crippen LogP contribution in [0.4, 0.5) is 0 Å². The number of carbonyl (C=O) groups is 6. The van der Waals surface area contributed by atoms with Crippen molar-refractivity contribution in [2.75, 3.05) is 66.2 Å². The number of aliphatic hydroxyl groups is 1. The van der Waals surface area contributed by atoms with Crippen LogP contribution in [0.1, 0.15) is 155 Å². The number of aliphatic hydroxyl groups excluding tert-OH is 1. The zero-order valence-electron chi connectivity index (χ0n) is 45.2. The summed E-state index contributed by atoms with van der Waals surface area (Å²) in [5.74, 6) is 0.290. The molecule has 2 aromatic heterocycles. The van der Waals surface area contributed by atoms with Gasteiger partial charge in [0, 0.05) is 44.7 Å². The normalized spacial score (nSPS) is 17.6. The van der Waals surface area contributed by atoms with E-state index < -0.39 is 5.54 Å². The lowest BCUT2D eigenvalue weighted by atomic mass is 9.86. The number of pyridine rings is 1. The fraction of sp³-hybridized carbons (Fsp3) is 0.643. The molecule has 74 heavy (non-hydrogen) atoms. The highest BCUT2D eigenvalue weighted by atomic mass is 32.1. The monoisotopic (exact) mass is 1050 g/mol. The summed E-state index contributed by atoms with van der Waals surface area (Å²) < 4.78 is 10.1. The van der Waals surface area contributed by atoms with Gasteiger partial charge >= 0.3 is 0 Å². The number of aldehydes is 1. The molecule has 0 radical (unpaired) electrons. The average Bonchev–Trinajstić information content (AvgIpc) is 4.15. The second kappa shape index (κ2) is 37.6. The molecule has 3 aromatic rings. The van der Waals surface area contributed by atoms with E-state index >= 15 is 0 Å². The summed E-state index contributed by atoms with van der Waals surface area (Å²) in [5.41, 5.74) is 9.77. The number of benzene rings is 1. The molecule has 0 spiro atoms. The predicted molar refractivity (Wildman–Crippen MR) is 295 cm³/mol. The number of carbonyl (C=O) groups excluding carboxylic acids is 6. The lowest BCUT2D eigenvalue weighted by Gasteiger charge is -2.48. The number of rotatable bonds is 18. The van der Waals surface area contributed by atoms with Gasteiger partial charge in [-0.15, -0.1) is 11.3 Å². The Morgan fingerprint density at radius 2 is 1.61 bits per heavy atom. The minimum absolute atomic E-state index is 0. The first-order chi connectivity index (χ1) is 35.1. The molecule has 0 aliphatic carbocycles. The van der Waals surface area contributed by atoms with Gasteiger partial charge in [0.25, 0.3) is 0 Å². The predicted octanol–water partition coefficient (Wildman–Crippen LogP) is 7.78. The van der Waals surface area contributed by atoms with E-state index in [-0.39, 0.29) is 63.2 Å². The summed E-state index contributed by atoms with van der Waals surface area (Å²) >= 11 is 1.64. The molecule has 416 valence electrons. The molecule has 4 fully saturated rings. The number of hydrogen-bond donors (Lipinski definition) is 4. The summed E-state index contributed by atoms with van der Waals surface area (Å²) in [4.78, 5) is 81.6. The Labute approximate surface area is 447 Å². The van der Waals surface area contributed by atoms with Crippen LogP contribution in [-0.4, -0.2) is 145 Å². The number of nitrogens with one attached hydrogen (secondary N) is 2. The Morgan fingerprint density at radius 1 is 0.932 bits per heavy atom. The molecule has 4 aliphatic heterocycles. The van der Waals surface area contributed by atoms with E-state index in [2.05, 4.69) is 78.0 Å². The maximum Gasteiger partial charge on any atom is 0.246 e. The Bertz CT molecular complexity index is 2010. The van der Waals surface area contributed by atoms with Gasteiger partial charge in [-0.2, -0.15) is 0 Å². The first-order valence-electron chi connectivity index (χ1n) is 26.1. The van der Waals surface area contributed by atoms with Crippen LogP contribution in [-0.2, 0) is 43.8 Å². The van der Waals surface area contributed by atoms with Crippen LogP contribution in [0.2, 0.25) is 0 Å². The number of fused-ring (bicyclic) bond motifs is 1. The van der Waals surface area contributed by atoms with E-state index in [0.717, 1.165) is 56.4 Å². The van der Waals surface area contributed by atoms with Crippen LogP contribution in [0.15, 0.2) is 54.2 Å². The van der Waals surface area contributed by atoms with Gasteiger partial charge in [0.1, 0.15) is 25.0 Å². The summed E-state index contributed by atoms with van der Waals surface area (Å²) in [5, 5.41) is 14.9. The van der Waals surface area contributed by atoms with Crippen LogP contribution in [0.3, 0.4) is 0 Å². The Kier molecular flexibility index (Phi) is 34.0. The summed E-state index contributed by atoms with van der Waals surface area (Å²) in [7, 11) is 1.50. The van der Waals surface area contributed by atoms with Crippen molar-refractivity contribution < 1.29 is 43.3 Å². The molecule has 5 amide bonds. The fourth-order valence-corrected chi connectivity index (χ4v) is 9.38. The molecule has 6 heterocycles. The SMILES string of the molecule is C.CC(C)(C)CC(=O)N1CCC(O)C1.CCCCCC.CN.Cc1ncsc1-c1ccc(C(C)NC=O)cc1.O=C1CCCCCC2CCCN12.O=CCOCCOCC(=O)NC1(c2ccccn2)CN(C=O)C1. The van der Waals surface area contributed by atoms with Crippen molar-refractivity contribution in [3.05, 3.63) is 71.1 Å². The van der Waals surface area contributed by atoms with E-state index in [1.165, 1.54) is 75.3 Å². The van der Waals surface area contributed by atoms with Crippen LogP contribution in [0, 0.1) is 12.3 Å². The second-order valence-corrected chi connectivity index (χ2v) is 20.6. The van der Waals surface area contributed by atoms with Gasteiger partial charge in [-0.1, -0.05) is 111 Å². The van der Waals surface area contributed by atoms with Crippen molar-refractivity contribution in [1.29, 1.82) is 0 Å². The minimum atomic E-state index is -0.670. The molecule has 0 saturated carbocycles. The van der Waals surface area contributed by atoms with E-state index in [9.17, 15) is 33.9 Å². The molecule has 4 saturated heterocycles. The van der Waals surface area contributed by atoms with Crippen molar-refractivity contribution in [2.24, 2.45) is 11.1 Å². The lowest BCUT2D eigenvalue weighted by molar-refractivity contribution is -0.136. The largest absolute Gasteiger partial charge is 0.391 e.